The minimum absolute atomic E-state index is 0. The molecule has 0 fully saturated rings. The predicted molar refractivity (Wildman–Crippen MR) is 362 cm³/mol. The zero-order chi connectivity index (χ0) is 78.5. The number of pyridine rings is 1. The average Bonchev–Trinajstić information content (AvgIpc) is 0.826. The van der Waals surface area contributed by atoms with Gasteiger partial charge in [0.25, 0.3) is 6.33 Å². The number of aromatic nitrogens is 4. The van der Waals surface area contributed by atoms with Gasteiger partial charge < -0.3 is 13.9 Å². The van der Waals surface area contributed by atoms with Crippen molar-refractivity contribution in [2.45, 2.75) is 59.2 Å². The summed E-state index contributed by atoms with van der Waals surface area (Å²) in [5, 5.41) is -2.18. The van der Waals surface area contributed by atoms with Crippen LogP contribution in [0.25, 0.3) is 83.4 Å². The molecule has 7 heteroatoms. The van der Waals surface area contributed by atoms with Gasteiger partial charge in [0.05, 0.1) is 42.8 Å². The summed E-state index contributed by atoms with van der Waals surface area (Å²) in [5.41, 5.74) is 5.40. The van der Waals surface area contributed by atoms with Gasteiger partial charge in [0.2, 0.25) is 0 Å². The van der Waals surface area contributed by atoms with Crippen molar-refractivity contribution in [3.05, 3.63) is 308 Å². The van der Waals surface area contributed by atoms with Gasteiger partial charge >= 0.3 is 0 Å². The Kier molecular flexibility index (Phi) is 9.89. The largest absolute Gasteiger partial charge is 0.510 e. The maximum Gasteiger partial charge on any atom is 0.268 e. The first kappa shape index (κ1) is 37.3. The number of nitrogens with zero attached hydrogens (tertiary/aromatic N) is 4. The van der Waals surface area contributed by atoms with Crippen molar-refractivity contribution in [2.24, 2.45) is 0 Å². The second-order valence-corrected chi connectivity index (χ2v) is 26.7. The zero-order valence-electron chi connectivity index (χ0n) is 70.5. The Bertz CT molecular complexity index is 5900. The first-order valence-electron chi connectivity index (χ1n) is 39.2. The molecular weight excluding hydrogens is 1270 g/mol. The van der Waals surface area contributed by atoms with Gasteiger partial charge in [-0.15, -0.1) is 29.7 Å². The van der Waals surface area contributed by atoms with Crippen LogP contribution in [0.1, 0.15) is 88.4 Å². The Labute approximate surface area is 563 Å². The fraction of sp³-hybridized carbons (Fsp3) is 0.111. The Balaban J connectivity index is 0.0000106. The van der Waals surface area contributed by atoms with Crippen molar-refractivity contribution in [2.75, 3.05) is 0 Å². The molecule has 0 aliphatic carbocycles. The number of rotatable bonds is 12. The Hall–Kier alpha value is -9.45. The Morgan fingerprint density at radius 1 is 0.511 bits per heavy atom. The second-order valence-electron chi connectivity index (χ2n) is 23.2. The molecule has 88 heavy (non-hydrogen) atoms. The van der Waals surface area contributed by atoms with Gasteiger partial charge in [0.15, 0.2) is 8.07 Å². The smallest absolute Gasteiger partial charge is 0.268 e. The third-order valence-corrected chi connectivity index (χ3v) is 19.7. The van der Waals surface area contributed by atoms with E-state index in [2.05, 4.69) is 66.1 Å². The molecule has 0 saturated carbocycles. The van der Waals surface area contributed by atoms with E-state index < -0.39 is 167 Å². The van der Waals surface area contributed by atoms with Crippen LogP contribution in [0.5, 0.6) is 11.5 Å². The number of aryl methyl sites for hydroxylation is 1. The van der Waals surface area contributed by atoms with E-state index in [1.165, 1.54) is 0 Å². The van der Waals surface area contributed by atoms with E-state index >= 15 is 0 Å². The molecule has 5 nitrogen and oxygen atoms in total. The van der Waals surface area contributed by atoms with Crippen LogP contribution in [0.15, 0.2) is 273 Å². The molecule has 432 valence electrons. The predicted octanol–water partition coefficient (Wildman–Crippen LogP) is 16.9. The van der Waals surface area contributed by atoms with E-state index in [-0.39, 0.29) is 49.4 Å². The molecule has 14 aromatic rings. The topological polar surface area (TPSA) is 35.9 Å². The maximum atomic E-state index is 11.0. The summed E-state index contributed by atoms with van der Waals surface area (Å²) in [6, 6.07) is 32.5. The summed E-state index contributed by atoms with van der Waals surface area (Å²) < 4.78 is 220. The number of hydrogen-bond donors (Lipinski definition) is 0. The van der Waals surface area contributed by atoms with Crippen molar-refractivity contribution in [1.29, 1.82) is 0 Å². The monoisotopic (exact) mass is 1360 g/mol. The molecule has 0 spiro atoms. The number of benzene rings is 11. The SMILES string of the molecule is [2H]c1c([2H])c([2H])c([Si](c2c([2H])c([2H])c([2H])c([2H])c2[2H])(c2c([2H])c([2H])c([2H])c([2H])c2[2H])c2c([2H])c([2H])c([2H])c(-c3cccc(-c4cc(C(C)(C)C)cc(C(C)(C)C)c4)c3-[n+]3[c-]n(-c4[c-]c(Oc5[c-]c6c(cc5)c5ccccc5n6-c5cc(C([2H])([2H])[2H])c(-c6ccccc6)cn5)ccc4)c4ccccc43)c2[2H])c([2H])c1[2H].[Pt]. The van der Waals surface area contributed by atoms with Gasteiger partial charge in [-0.1, -0.05) is 271 Å². The molecule has 0 radical (unpaired) electrons. The van der Waals surface area contributed by atoms with Gasteiger partial charge in [-0.2, -0.15) is 18.2 Å². The number of hydrogen-bond acceptors (Lipinski definition) is 2. The molecule has 0 aliphatic rings. The number of para-hydroxylation sites is 4. The van der Waals surface area contributed by atoms with Gasteiger partial charge in [-0.25, -0.2) is 4.98 Å². The maximum absolute atomic E-state index is 11.0. The van der Waals surface area contributed by atoms with Crippen LogP contribution in [-0.4, -0.2) is 22.2 Å². The van der Waals surface area contributed by atoms with Crippen LogP contribution in [0.4, 0.5) is 0 Å². The molecule has 11 aromatic carbocycles. The summed E-state index contributed by atoms with van der Waals surface area (Å²) in [6.45, 7) is 9.86. The van der Waals surface area contributed by atoms with Crippen LogP contribution in [-0.2, 0) is 31.9 Å². The minimum atomic E-state index is -6.28. The zero-order valence-corrected chi connectivity index (χ0v) is 51.8. The normalized spacial score (nSPS) is 15.6. The van der Waals surface area contributed by atoms with Gasteiger partial charge in [0, 0.05) is 54.0 Å². The van der Waals surface area contributed by atoms with Crippen LogP contribution in [0, 0.1) is 25.3 Å². The van der Waals surface area contributed by atoms with Crippen molar-refractivity contribution in [3.8, 4) is 62.1 Å². The second kappa shape index (κ2) is 23.3. The molecule has 0 amide bonds. The van der Waals surface area contributed by atoms with E-state index in [0.29, 0.717) is 50.3 Å². The van der Waals surface area contributed by atoms with Gasteiger partial charge in [0.1, 0.15) is 5.82 Å². The molecule has 0 N–H and O–H groups in total. The van der Waals surface area contributed by atoms with Crippen LogP contribution >= 0.6 is 0 Å². The standard InChI is InChI=1S/C81H66N4OSi.Pt/c1-56-47-78(82-54-73(56)57-27-12-8-13-28-57)85-74-42-21-20-39-71(74)72-46-45-64(53-77(72)85)86-63-31-25-30-62(52-63)83-55-84(76-44-23-22-43-75(76)83)79-69(40-26-41-70(79)59-48-60(80(2,3)4)51-61(49-59)81(5,6)7)58-29-24-38-68(50-58)87(65-32-14-9-15-33-65,66-34-16-10-17-35-66)67-36-18-11-19-37-67;/h8-51,54H,1-7H3;/q-2;/i1D3,9D,10D,11D,14D,15D,16D,17D,18D,19D,24D,29D,32D,33D,34D,35D,36D,37D,38D,50D;. The Morgan fingerprint density at radius 2 is 1.10 bits per heavy atom. The summed E-state index contributed by atoms with van der Waals surface area (Å²) in [5.74, 6) is 0.803. The molecule has 0 atom stereocenters. The number of fused-ring (bicyclic) bond motifs is 4. The van der Waals surface area contributed by atoms with Crippen molar-refractivity contribution in [1.82, 2.24) is 14.1 Å². The molecule has 0 unspecified atom stereocenters. The van der Waals surface area contributed by atoms with Gasteiger partial charge in [-0.05, 0) is 106 Å². The molecule has 14 rings (SSSR count). The third kappa shape index (κ3) is 10.4. The van der Waals surface area contributed by atoms with Crippen molar-refractivity contribution < 1.29 is 60.5 Å². The van der Waals surface area contributed by atoms with Crippen LogP contribution < -0.4 is 30.1 Å². The number of ether oxygens (including phenoxy) is 1. The van der Waals surface area contributed by atoms with Crippen molar-refractivity contribution in [3.63, 3.8) is 0 Å². The fourth-order valence-electron chi connectivity index (χ4n) is 11.3. The molecule has 0 saturated heterocycles. The van der Waals surface area contributed by atoms with E-state index in [0.717, 1.165) is 27.4 Å². The van der Waals surface area contributed by atoms with Crippen LogP contribution in [0.3, 0.4) is 0 Å². The first-order chi connectivity index (χ1) is 51.4. The molecule has 0 bridgehead atoms. The van der Waals surface area contributed by atoms with E-state index in [1.807, 2.05) is 89.5 Å². The van der Waals surface area contributed by atoms with Crippen molar-refractivity contribution >= 4 is 61.7 Å². The van der Waals surface area contributed by atoms with Crippen LogP contribution in [0.2, 0.25) is 0 Å². The summed E-state index contributed by atoms with van der Waals surface area (Å²) >= 11 is 0. The molecule has 3 heterocycles. The fourth-order valence-corrected chi connectivity index (χ4v) is 14.9. The number of imidazole rings is 1. The Morgan fingerprint density at radius 3 is 1.76 bits per heavy atom. The third-order valence-electron chi connectivity index (χ3n) is 15.7. The van der Waals surface area contributed by atoms with E-state index in [9.17, 15) is 21.9 Å². The molecule has 0 aliphatic heterocycles. The first-order valence-corrected chi connectivity index (χ1v) is 30.2. The summed E-state index contributed by atoms with van der Waals surface area (Å²) in [6.07, 6.45) is 5.14. The molecular formula is C81H66N4OPtSi-2. The summed E-state index contributed by atoms with van der Waals surface area (Å²) in [4.78, 5) is 4.87. The molecule has 3 aromatic heterocycles. The minimum Gasteiger partial charge on any atom is -0.510 e. The van der Waals surface area contributed by atoms with E-state index in [1.54, 1.807) is 76.0 Å². The van der Waals surface area contributed by atoms with Gasteiger partial charge in [-0.3, -0.25) is 4.57 Å². The average molecular weight is 1360 g/mol. The quantitative estimate of drug-likeness (QED) is 0.0529. The summed E-state index contributed by atoms with van der Waals surface area (Å²) in [7, 11) is -6.28. The van der Waals surface area contributed by atoms with E-state index in [4.69, 9.17) is 17.9 Å².